The van der Waals surface area contributed by atoms with Crippen LogP contribution in [0.15, 0.2) is 0 Å². The van der Waals surface area contributed by atoms with Gasteiger partial charge in [0.05, 0.1) is 0 Å². The fourth-order valence-electron chi connectivity index (χ4n) is 1.63. The molecule has 0 aromatic carbocycles. The van der Waals surface area contributed by atoms with Gasteiger partial charge in [0.15, 0.2) is 0 Å². The summed E-state index contributed by atoms with van der Waals surface area (Å²) in [7, 11) is 0. The molecule has 60 valence electrons. The molecule has 0 aromatic rings. The molecule has 0 spiro atoms. The topological polar surface area (TPSA) is 12.0 Å². The normalized spacial score (nSPS) is 29.1. The molecule has 1 saturated heterocycles. The molecule has 0 saturated carbocycles. The molecule has 1 rings (SSSR count). The van der Waals surface area contributed by atoms with E-state index in [2.05, 4.69) is 12.2 Å². The second-order valence-electron chi connectivity index (χ2n) is 3.26. The molecule has 0 bridgehead atoms. The van der Waals surface area contributed by atoms with Crippen molar-refractivity contribution in [3.63, 3.8) is 0 Å². The lowest BCUT2D eigenvalue weighted by molar-refractivity contribution is 0.409. The quantitative estimate of drug-likeness (QED) is 0.591. The van der Waals surface area contributed by atoms with E-state index in [-0.39, 0.29) is 0 Å². The first-order chi connectivity index (χ1) is 4.93. The molecule has 1 nitrogen and oxygen atoms in total. The van der Waals surface area contributed by atoms with Crippen molar-refractivity contribution in [1.82, 2.24) is 5.32 Å². The molecule has 0 radical (unpaired) electrons. The largest absolute Gasteiger partial charge is 0.314 e. The summed E-state index contributed by atoms with van der Waals surface area (Å²) in [5.74, 6) is 0. The van der Waals surface area contributed by atoms with Crippen LogP contribution < -0.4 is 5.32 Å². The fourth-order valence-corrected chi connectivity index (χ4v) is 1.63. The smallest absolute Gasteiger partial charge is 0.00644 e. The van der Waals surface area contributed by atoms with Crippen LogP contribution in [0, 0.1) is 0 Å². The van der Waals surface area contributed by atoms with Crippen LogP contribution in [0.4, 0.5) is 0 Å². The fraction of sp³-hybridized carbons (Fsp3) is 1.00. The Kier molecular flexibility index (Phi) is 3.81. The van der Waals surface area contributed by atoms with Gasteiger partial charge in [-0.05, 0) is 25.8 Å². The number of hydrogen-bond acceptors (Lipinski definition) is 1. The summed E-state index contributed by atoms with van der Waals surface area (Å²) in [5.41, 5.74) is 0. The average molecular weight is 141 g/mol. The van der Waals surface area contributed by atoms with Crippen LogP contribution in [-0.4, -0.2) is 12.6 Å². The first-order valence-corrected chi connectivity index (χ1v) is 4.67. The second kappa shape index (κ2) is 4.73. The third-order valence-corrected chi connectivity index (χ3v) is 2.41. The van der Waals surface area contributed by atoms with E-state index in [0.29, 0.717) is 0 Å². The van der Waals surface area contributed by atoms with E-state index in [0.717, 1.165) is 6.04 Å². The van der Waals surface area contributed by atoms with Gasteiger partial charge in [-0.15, -0.1) is 0 Å². The van der Waals surface area contributed by atoms with Crippen molar-refractivity contribution in [3.05, 3.63) is 0 Å². The minimum absolute atomic E-state index is 0.820. The van der Waals surface area contributed by atoms with Gasteiger partial charge in [-0.25, -0.2) is 0 Å². The van der Waals surface area contributed by atoms with E-state index < -0.39 is 0 Å². The Hall–Kier alpha value is -0.0400. The van der Waals surface area contributed by atoms with Gasteiger partial charge in [-0.3, -0.25) is 0 Å². The lowest BCUT2D eigenvalue weighted by atomic mass is 10.0. The van der Waals surface area contributed by atoms with Gasteiger partial charge in [-0.2, -0.15) is 0 Å². The zero-order chi connectivity index (χ0) is 7.23. The average Bonchev–Trinajstić information content (AvgIpc) is 1.87. The maximum atomic E-state index is 3.57. The van der Waals surface area contributed by atoms with Crippen molar-refractivity contribution in [2.24, 2.45) is 0 Å². The lowest BCUT2D eigenvalue weighted by Crippen LogP contribution is -2.30. The molecule has 1 heteroatoms. The van der Waals surface area contributed by atoms with Gasteiger partial charge in [0.1, 0.15) is 0 Å². The highest BCUT2D eigenvalue weighted by atomic mass is 14.9. The highest BCUT2D eigenvalue weighted by molar-refractivity contribution is 4.67. The van der Waals surface area contributed by atoms with Gasteiger partial charge in [0.2, 0.25) is 0 Å². The highest BCUT2D eigenvalue weighted by Crippen LogP contribution is 2.10. The summed E-state index contributed by atoms with van der Waals surface area (Å²) in [6.45, 7) is 3.53. The molecular weight excluding hydrogens is 122 g/mol. The van der Waals surface area contributed by atoms with Crippen LogP contribution in [0.5, 0.6) is 0 Å². The Morgan fingerprint density at radius 2 is 2.00 bits per heavy atom. The Morgan fingerprint density at radius 1 is 1.20 bits per heavy atom. The molecule has 1 aliphatic heterocycles. The Bertz CT molecular complexity index is 72.8. The highest BCUT2D eigenvalue weighted by Gasteiger charge is 2.06. The third-order valence-electron chi connectivity index (χ3n) is 2.41. The van der Waals surface area contributed by atoms with Crippen LogP contribution in [0.3, 0.4) is 0 Å². The number of hydrogen-bond donors (Lipinski definition) is 1. The predicted molar refractivity (Wildman–Crippen MR) is 45.2 cm³/mol. The summed E-state index contributed by atoms with van der Waals surface area (Å²) in [5, 5.41) is 3.57. The van der Waals surface area contributed by atoms with Crippen molar-refractivity contribution in [1.29, 1.82) is 0 Å². The molecule has 0 unspecified atom stereocenters. The molecule has 0 aromatic heterocycles. The Morgan fingerprint density at radius 3 is 2.80 bits per heavy atom. The van der Waals surface area contributed by atoms with Gasteiger partial charge in [-0.1, -0.05) is 26.2 Å². The summed E-state index contributed by atoms with van der Waals surface area (Å²) < 4.78 is 0. The summed E-state index contributed by atoms with van der Waals surface area (Å²) in [6.07, 6.45) is 8.42. The van der Waals surface area contributed by atoms with Crippen LogP contribution in [0.2, 0.25) is 0 Å². The maximum absolute atomic E-state index is 3.57. The van der Waals surface area contributed by atoms with E-state index in [4.69, 9.17) is 0 Å². The third kappa shape index (κ3) is 2.70. The maximum Gasteiger partial charge on any atom is 0.00644 e. The van der Waals surface area contributed by atoms with E-state index in [9.17, 15) is 0 Å². The zero-order valence-electron chi connectivity index (χ0n) is 7.03. The molecule has 1 N–H and O–H groups in total. The molecule has 0 amide bonds. The molecule has 1 heterocycles. The van der Waals surface area contributed by atoms with Crippen molar-refractivity contribution >= 4 is 0 Å². The zero-order valence-corrected chi connectivity index (χ0v) is 7.03. The summed E-state index contributed by atoms with van der Waals surface area (Å²) in [6, 6.07) is 0.820. The van der Waals surface area contributed by atoms with E-state index in [1.165, 1.54) is 45.1 Å². The van der Waals surface area contributed by atoms with E-state index >= 15 is 0 Å². The van der Waals surface area contributed by atoms with Crippen LogP contribution in [0.1, 0.15) is 45.4 Å². The molecule has 1 atom stereocenters. The van der Waals surface area contributed by atoms with Crippen LogP contribution >= 0.6 is 0 Å². The minimum Gasteiger partial charge on any atom is -0.314 e. The summed E-state index contributed by atoms with van der Waals surface area (Å²) >= 11 is 0. The van der Waals surface area contributed by atoms with Crippen molar-refractivity contribution in [2.75, 3.05) is 6.54 Å². The van der Waals surface area contributed by atoms with Gasteiger partial charge in [0, 0.05) is 6.04 Å². The van der Waals surface area contributed by atoms with E-state index in [1.54, 1.807) is 0 Å². The van der Waals surface area contributed by atoms with Crippen molar-refractivity contribution in [2.45, 2.75) is 51.5 Å². The van der Waals surface area contributed by atoms with E-state index in [1.807, 2.05) is 0 Å². The second-order valence-corrected chi connectivity index (χ2v) is 3.26. The Labute approximate surface area is 64.2 Å². The van der Waals surface area contributed by atoms with Crippen molar-refractivity contribution in [3.8, 4) is 0 Å². The molecule has 10 heavy (non-hydrogen) atoms. The van der Waals surface area contributed by atoms with Crippen LogP contribution in [0.25, 0.3) is 0 Å². The first kappa shape index (κ1) is 8.06. The standard InChI is InChI=1S/C9H19N/c1-2-9-7-5-3-4-6-8-10-9/h9-10H,2-8H2,1H3/t9-/m1/s1. The Balaban J connectivity index is 2.16. The minimum atomic E-state index is 0.820. The predicted octanol–water partition coefficient (Wildman–Crippen LogP) is 2.32. The van der Waals surface area contributed by atoms with Crippen molar-refractivity contribution < 1.29 is 0 Å². The first-order valence-electron chi connectivity index (χ1n) is 4.67. The number of nitrogens with one attached hydrogen (secondary N) is 1. The molecule has 1 aliphatic rings. The summed E-state index contributed by atoms with van der Waals surface area (Å²) in [4.78, 5) is 0. The molecule has 1 fully saturated rings. The van der Waals surface area contributed by atoms with Gasteiger partial charge < -0.3 is 5.32 Å². The molecular formula is C9H19N. The lowest BCUT2D eigenvalue weighted by Gasteiger charge is -2.19. The van der Waals surface area contributed by atoms with Crippen LogP contribution in [-0.2, 0) is 0 Å². The van der Waals surface area contributed by atoms with Gasteiger partial charge in [0.25, 0.3) is 0 Å². The van der Waals surface area contributed by atoms with Gasteiger partial charge >= 0.3 is 0 Å². The monoisotopic (exact) mass is 141 g/mol. The molecule has 0 aliphatic carbocycles. The SMILES string of the molecule is CC[C@@H]1CCCCCCN1. The number of rotatable bonds is 1.